The molecule has 0 aliphatic carbocycles. The van der Waals surface area contributed by atoms with Crippen molar-refractivity contribution in [3.63, 3.8) is 0 Å². The lowest BCUT2D eigenvalue weighted by Gasteiger charge is -2.16. The van der Waals surface area contributed by atoms with E-state index < -0.39 is 5.82 Å². The predicted octanol–water partition coefficient (Wildman–Crippen LogP) is 2.54. The van der Waals surface area contributed by atoms with Gasteiger partial charge in [0, 0.05) is 31.7 Å². The molecule has 2 atom stereocenters. The lowest BCUT2D eigenvalue weighted by molar-refractivity contribution is 0.0682. The summed E-state index contributed by atoms with van der Waals surface area (Å²) in [6.45, 7) is 3.07. The topological polar surface area (TPSA) is 68.8 Å². The molecule has 6 nitrogen and oxygen atoms in total. The fourth-order valence-electron chi connectivity index (χ4n) is 2.83. The third-order valence-corrected chi connectivity index (χ3v) is 4.21. The molecule has 1 aromatic carbocycles. The normalized spacial score (nSPS) is 23.2. The molecule has 24 heavy (non-hydrogen) atoms. The van der Waals surface area contributed by atoms with E-state index in [4.69, 9.17) is 14.2 Å². The van der Waals surface area contributed by atoms with Crippen molar-refractivity contribution in [3.8, 4) is 5.75 Å². The highest BCUT2D eigenvalue weighted by molar-refractivity contribution is 5.90. The number of rotatable bonds is 6. The van der Waals surface area contributed by atoms with Crippen molar-refractivity contribution in [2.24, 2.45) is 5.92 Å². The van der Waals surface area contributed by atoms with Crippen LogP contribution in [0.3, 0.4) is 0 Å². The Morgan fingerprint density at radius 3 is 3.00 bits per heavy atom. The summed E-state index contributed by atoms with van der Waals surface area (Å²) in [5.41, 5.74) is 0.313. The number of halogens is 1. The Bertz CT molecular complexity index is 558. The second-order valence-corrected chi connectivity index (χ2v) is 6.15. The Morgan fingerprint density at radius 1 is 1.33 bits per heavy atom. The number of urea groups is 1. The Hall–Kier alpha value is -1.86. The SMILES string of the molecule is O=C(NCC1CCOC1)Nc1cc(F)ccc1OCC1CCCO1. The summed E-state index contributed by atoms with van der Waals surface area (Å²) in [6.07, 6.45) is 2.97. The van der Waals surface area contributed by atoms with Crippen LogP contribution in [0.5, 0.6) is 5.75 Å². The van der Waals surface area contributed by atoms with Crippen molar-refractivity contribution in [3.05, 3.63) is 24.0 Å². The first-order valence-corrected chi connectivity index (χ1v) is 8.37. The summed E-state index contributed by atoms with van der Waals surface area (Å²) in [6, 6.07) is 3.70. The number of carbonyl (C=O) groups is 1. The standard InChI is InChI=1S/C17H23FN2O4/c18-13-3-4-16(24-11-14-2-1-6-23-14)15(8-13)20-17(21)19-9-12-5-7-22-10-12/h3-4,8,12,14H,1-2,5-7,9-11H2,(H2,19,20,21). The molecule has 2 unspecified atom stereocenters. The van der Waals surface area contributed by atoms with E-state index in [1.807, 2.05) is 0 Å². The van der Waals surface area contributed by atoms with E-state index in [1.54, 1.807) is 0 Å². The van der Waals surface area contributed by atoms with Crippen molar-refractivity contribution in [2.45, 2.75) is 25.4 Å². The van der Waals surface area contributed by atoms with Gasteiger partial charge in [0.25, 0.3) is 0 Å². The molecule has 2 aliphatic heterocycles. The molecule has 2 heterocycles. The number of hydrogen-bond donors (Lipinski definition) is 2. The number of carbonyl (C=O) groups excluding carboxylic acids is 1. The van der Waals surface area contributed by atoms with Crippen LogP contribution in [-0.2, 0) is 9.47 Å². The van der Waals surface area contributed by atoms with E-state index >= 15 is 0 Å². The van der Waals surface area contributed by atoms with E-state index in [9.17, 15) is 9.18 Å². The minimum Gasteiger partial charge on any atom is -0.489 e. The molecule has 2 aliphatic rings. The van der Waals surface area contributed by atoms with Crippen molar-refractivity contribution in [1.29, 1.82) is 0 Å². The maximum atomic E-state index is 13.5. The molecule has 7 heteroatoms. The maximum absolute atomic E-state index is 13.5. The van der Waals surface area contributed by atoms with E-state index in [0.717, 1.165) is 32.5 Å². The largest absolute Gasteiger partial charge is 0.489 e. The second kappa shape index (κ2) is 8.30. The summed E-state index contributed by atoms with van der Waals surface area (Å²) >= 11 is 0. The van der Waals surface area contributed by atoms with Crippen LogP contribution in [0.4, 0.5) is 14.9 Å². The second-order valence-electron chi connectivity index (χ2n) is 6.15. The van der Waals surface area contributed by atoms with Gasteiger partial charge in [-0.15, -0.1) is 0 Å². The Labute approximate surface area is 140 Å². The van der Waals surface area contributed by atoms with E-state index in [-0.39, 0.29) is 12.1 Å². The van der Waals surface area contributed by atoms with Gasteiger partial charge in [0.1, 0.15) is 18.2 Å². The van der Waals surface area contributed by atoms with Crippen LogP contribution in [0.25, 0.3) is 0 Å². The zero-order chi connectivity index (χ0) is 16.8. The van der Waals surface area contributed by atoms with Crippen LogP contribution in [0.1, 0.15) is 19.3 Å². The number of nitrogens with one attached hydrogen (secondary N) is 2. The Kier molecular flexibility index (Phi) is 5.87. The van der Waals surface area contributed by atoms with E-state index in [2.05, 4.69) is 10.6 Å². The third-order valence-electron chi connectivity index (χ3n) is 4.21. The summed E-state index contributed by atoms with van der Waals surface area (Å²) in [7, 11) is 0. The summed E-state index contributed by atoms with van der Waals surface area (Å²) < 4.78 is 30.0. The van der Waals surface area contributed by atoms with Crippen molar-refractivity contribution < 1.29 is 23.4 Å². The lowest BCUT2D eigenvalue weighted by Crippen LogP contribution is -2.33. The molecule has 2 saturated heterocycles. The predicted molar refractivity (Wildman–Crippen MR) is 86.8 cm³/mol. The fourth-order valence-corrected chi connectivity index (χ4v) is 2.83. The average molecular weight is 338 g/mol. The van der Waals surface area contributed by atoms with Crippen LogP contribution in [0, 0.1) is 11.7 Å². The Morgan fingerprint density at radius 2 is 2.25 bits per heavy atom. The minimum atomic E-state index is -0.432. The smallest absolute Gasteiger partial charge is 0.319 e. The molecule has 0 saturated carbocycles. The molecule has 0 bridgehead atoms. The van der Waals surface area contributed by atoms with E-state index in [0.29, 0.717) is 37.1 Å². The maximum Gasteiger partial charge on any atom is 0.319 e. The van der Waals surface area contributed by atoms with Gasteiger partial charge in [-0.25, -0.2) is 9.18 Å². The van der Waals surface area contributed by atoms with Gasteiger partial charge in [-0.05, 0) is 31.4 Å². The monoisotopic (exact) mass is 338 g/mol. The van der Waals surface area contributed by atoms with Crippen molar-refractivity contribution >= 4 is 11.7 Å². The zero-order valence-electron chi connectivity index (χ0n) is 13.6. The number of benzene rings is 1. The first-order chi connectivity index (χ1) is 11.7. The van der Waals surface area contributed by atoms with Gasteiger partial charge in [0.15, 0.2) is 0 Å². The molecule has 132 valence electrons. The Balaban J connectivity index is 1.54. The van der Waals surface area contributed by atoms with Crippen LogP contribution in [0.2, 0.25) is 0 Å². The molecule has 2 N–H and O–H groups in total. The molecular weight excluding hydrogens is 315 g/mol. The van der Waals surface area contributed by atoms with Crippen LogP contribution >= 0.6 is 0 Å². The first-order valence-electron chi connectivity index (χ1n) is 8.37. The van der Waals surface area contributed by atoms with Gasteiger partial charge < -0.3 is 24.8 Å². The molecule has 0 radical (unpaired) electrons. The van der Waals surface area contributed by atoms with Crippen LogP contribution in [-0.4, -0.2) is 45.1 Å². The van der Waals surface area contributed by atoms with Gasteiger partial charge in [-0.1, -0.05) is 0 Å². The molecule has 3 rings (SSSR count). The zero-order valence-corrected chi connectivity index (χ0v) is 13.6. The minimum absolute atomic E-state index is 0.0547. The van der Waals surface area contributed by atoms with Gasteiger partial charge in [0.2, 0.25) is 0 Å². The molecule has 1 aromatic rings. The summed E-state index contributed by atoms with van der Waals surface area (Å²) in [4.78, 5) is 12.0. The summed E-state index contributed by atoms with van der Waals surface area (Å²) in [5, 5.41) is 5.44. The number of anilines is 1. The van der Waals surface area contributed by atoms with Crippen molar-refractivity contribution in [1.82, 2.24) is 5.32 Å². The molecule has 0 spiro atoms. The average Bonchev–Trinajstić information content (AvgIpc) is 3.26. The first kappa shape index (κ1) is 17.0. The lowest BCUT2D eigenvalue weighted by atomic mass is 10.1. The van der Waals surface area contributed by atoms with Crippen LogP contribution < -0.4 is 15.4 Å². The third kappa shape index (κ3) is 4.82. The number of ether oxygens (including phenoxy) is 3. The van der Waals surface area contributed by atoms with Crippen molar-refractivity contribution in [2.75, 3.05) is 38.3 Å². The highest BCUT2D eigenvalue weighted by Crippen LogP contribution is 2.26. The fraction of sp³-hybridized carbons (Fsp3) is 0.588. The molecule has 0 aromatic heterocycles. The quantitative estimate of drug-likeness (QED) is 0.836. The summed E-state index contributed by atoms with van der Waals surface area (Å²) in [5.74, 6) is 0.337. The molecular formula is C17H23FN2O4. The van der Waals surface area contributed by atoms with Gasteiger partial charge >= 0.3 is 6.03 Å². The number of amides is 2. The molecule has 2 amide bonds. The van der Waals surface area contributed by atoms with E-state index in [1.165, 1.54) is 18.2 Å². The van der Waals surface area contributed by atoms with Gasteiger partial charge in [0.05, 0.1) is 18.4 Å². The highest BCUT2D eigenvalue weighted by Gasteiger charge is 2.19. The molecule has 2 fully saturated rings. The highest BCUT2D eigenvalue weighted by atomic mass is 19.1. The van der Waals surface area contributed by atoms with Gasteiger partial charge in [-0.2, -0.15) is 0 Å². The number of hydrogen-bond acceptors (Lipinski definition) is 4. The van der Waals surface area contributed by atoms with Crippen LogP contribution in [0.15, 0.2) is 18.2 Å². The van der Waals surface area contributed by atoms with Gasteiger partial charge in [-0.3, -0.25) is 0 Å².